The second-order valence-corrected chi connectivity index (χ2v) is 7.81. The third-order valence-corrected chi connectivity index (χ3v) is 5.94. The summed E-state index contributed by atoms with van der Waals surface area (Å²) in [6.07, 6.45) is 0.563. The van der Waals surface area contributed by atoms with Crippen molar-refractivity contribution in [2.24, 2.45) is 0 Å². The van der Waals surface area contributed by atoms with E-state index in [2.05, 4.69) is 36.9 Å². The van der Waals surface area contributed by atoms with E-state index < -0.39 is 0 Å². The number of amides is 1. The molecule has 0 bridgehead atoms. The standard InChI is InChI=1S/C24H30N2O2/c1-17-8-9-21(16-19(17)3)23(27)10-11-24(28)26-14-12-25(13-15-26)22-7-5-6-18(2)20(22)4/h5-9,16H,10-15H2,1-4H3. The summed E-state index contributed by atoms with van der Waals surface area (Å²) in [4.78, 5) is 29.2. The van der Waals surface area contributed by atoms with Crippen molar-refractivity contribution in [1.29, 1.82) is 0 Å². The quantitative estimate of drug-likeness (QED) is 0.731. The summed E-state index contributed by atoms with van der Waals surface area (Å²) in [5.74, 6) is 0.128. The Labute approximate surface area is 168 Å². The molecule has 4 nitrogen and oxygen atoms in total. The number of Topliss-reactive ketones (excluding diaryl/α,β-unsaturated/α-hetero) is 1. The molecule has 1 aliphatic heterocycles. The first-order valence-electron chi connectivity index (χ1n) is 10.1. The van der Waals surface area contributed by atoms with Crippen molar-refractivity contribution < 1.29 is 9.59 Å². The number of hydrogen-bond acceptors (Lipinski definition) is 3. The predicted octanol–water partition coefficient (Wildman–Crippen LogP) is 4.23. The molecule has 28 heavy (non-hydrogen) atoms. The fourth-order valence-corrected chi connectivity index (χ4v) is 3.71. The summed E-state index contributed by atoms with van der Waals surface area (Å²) in [5.41, 5.74) is 6.85. The van der Waals surface area contributed by atoms with Gasteiger partial charge in [0.15, 0.2) is 5.78 Å². The lowest BCUT2D eigenvalue weighted by atomic mass is 10.0. The Bertz CT molecular complexity index is 880. The normalized spacial score (nSPS) is 14.3. The maximum Gasteiger partial charge on any atom is 0.223 e. The number of anilines is 1. The van der Waals surface area contributed by atoms with Crippen molar-refractivity contribution in [3.8, 4) is 0 Å². The minimum absolute atomic E-state index is 0.0467. The van der Waals surface area contributed by atoms with Crippen LogP contribution in [0.4, 0.5) is 5.69 Å². The van der Waals surface area contributed by atoms with Gasteiger partial charge in [0.25, 0.3) is 0 Å². The molecule has 0 atom stereocenters. The maximum absolute atomic E-state index is 12.6. The summed E-state index contributed by atoms with van der Waals surface area (Å²) in [6, 6.07) is 12.1. The molecular formula is C24H30N2O2. The number of carbonyl (C=O) groups is 2. The summed E-state index contributed by atoms with van der Waals surface area (Å²) in [7, 11) is 0. The maximum atomic E-state index is 12.6. The lowest BCUT2D eigenvalue weighted by Gasteiger charge is -2.37. The molecule has 0 radical (unpaired) electrons. The fourth-order valence-electron chi connectivity index (χ4n) is 3.71. The molecule has 0 spiro atoms. The molecule has 0 aromatic heterocycles. The van der Waals surface area contributed by atoms with Gasteiger partial charge in [-0.2, -0.15) is 0 Å². The molecule has 4 heteroatoms. The van der Waals surface area contributed by atoms with Gasteiger partial charge in [-0.05, 0) is 62.1 Å². The van der Waals surface area contributed by atoms with Crippen molar-refractivity contribution >= 4 is 17.4 Å². The van der Waals surface area contributed by atoms with Crippen LogP contribution in [0.1, 0.15) is 45.5 Å². The van der Waals surface area contributed by atoms with Gasteiger partial charge in [-0.3, -0.25) is 9.59 Å². The molecule has 2 aromatic carbocycles. The van der Waals surface area contributed by atoms with E-state index in [1.807, 2.05) is 36.9 Å². The Hall–Kier alpha value is -2.62. The van der Waals surface area contributed by atoms with Crippen LogP contribution in [-0.4, -0.2) is 42.8 Å². The summed E-state index contributed by atoms with van der Waals surface area (Å²) in [5, 5.41) is 0. The fraction of sp³-hybridized carbons (Fsp3) is 0.417. The second kappa shape index (κ2) is 8.59. The summed E-state index contributed by atoms with van der Waals surface area (Å²) < 4.78 is 0. The molecule has 3 rings (SSSR count). The molecule has 1 aliphatic rings. The Morgan fingerprint density at radius 3 is 2.21 bits per heavy atom. The van der Waals surface area contributed by atoms with Crippen LogP contribution in [0.5, 0.6) is 0 Å². The van der Waals surface area contributed by atoms with Crippen molar-refractivity contribution in [3.63, 3.8) is 0 Å². The lowest BCUT2D eigenvalue weighted by Crippen LogP contribution is -2.49. The van der Waals surface area contributed by atoms with Gasteiger partial charge in [0.2, 0.25) is 5.91 Å². The zero-order valence-electron chi connectivity index (χ0n) is 17.4. The smallest absolute Gasteiger partial charge is 0.223 e. The average molecular weight is 379 g/mol. The number of benzene rings is 2. The topological polar surface area (TPSA) is 40.6 Å². The molecule has 148 valence electrons. The van der Waals surface area contributed by atoms with Crippen LogP contribution >= 0.6 is 0 Å². The van der Waals surface area contributed by atoms with Crippen LogP contribution < -0.4 is 4.90 Å². The molecule has 0 saturated carbocycles. The second-order valence-electron chi connectivity index (χ2n) is 7.81. The highest BCUT2D eigenvalue weighted by atomic mass is 16.2. The Balaban J connectivity index is 1.52. The minimum Gasteiger partial charge on any atom is -0.368 e. The number of ketones is 1. The van der Waals surface area contributed by atoms with Crippen molar-refractivity contribution in [2.75, 3.05) is 31.1 Å². The van der Waals surface area contributed by atoms with Crippen LogP contribution in [0.2, 0.25) is 0 Å². The molecule has 0 unspecified atom stereocenters. The molecule has 2 aromatic rings. The highest BCUT2D eigenvalue weighted by molar-refractivity contribution is 5.98. The number of aryl methyl sites for hydroxylation is 3. The Morgan fingerprint density at radius 1 is 0.821 bits per heavy atom. The van der Waals surface area contributed by atoms with Crippen molar-refractivity contribution in [2.45, 2.75) is 40.5 Å². The monoisotopic (exact) mass is 378 g/mol. The first kappa shape index (κ1) is 20.1. The van der Waals surface area contributed by atoms with Gasteiger partial charge in [0.05, 0.1) is 0 Å². The highest BCUT2D eigenvalue weighted by Crippen LogP contribution is 2.24. The third-order valence-electron chi connectivity index (χ3n) is 5.94. The van der Waals surface area contributed by atoms with Crippen LogP contribution in [-0.2, 0) is 4.79 Å². The molecule has 1 amide bonds. The largest absolute Gasteiger partial charge is 0.368 e. The van der Waals surface area contributed by atoms with E-state index >= 15 is 0 Å². The van der Waals surface area contributed by atoms with Gasteiger partial charge in [0, 0.05) is 50.3 Å². The minimum atomic E-state index is 0.0467. The van der Waals surface area contributed by atoms with E-state index in [9.17, 15) is 9.59 Å². The zero-order chi connectivity index (χ0) is 20.3. The molecule has 1 saturated heterocycles. The van der Waals surface area contributed by atoms with E-state index in [-0.39, 0.29) is 24.5 Å². The first-order chi connectivity index (χ1) is 13.4. The molecule has 0 N–H and O–H groups in total. The van der Waals surface area contributed by atoms with E-state index in [0.29, 0.717) is 18.7 Å². The molecule has 1 fully saturated rings. The van der Waals surface area contributed by atoms with Crippen LogP contribution in [0, 0.1) is 27.7 Å². The third kappa shape index (κ3) is 4.44. The SMILES string of the molecule is Cc1ccc(C(=O)CCC(=O)N2CCN(c3cccc(C)c3C)CC2)cc1C. The predicted molar refractivity (Wildman–Crippen MR) is 114 cm³/mol. The molecule has 1 heterocycles. The van der Waals surface area contributed by atoms with Crippen LogP contribution in [0.15, 0.2) is 36.4 Å². The van der Waals surface area contributed by atoms with Crippen molar-refractivity contribution in [1.82, 2.24) is 4.90 Å². The van der Waals surface area contributed by atoms with Gasteiger partial charge < -0.3 is 9.80 Å². The molecular weight excluding hydrogens is 348 g/mol. The van der Waals surface area contributed by atoms with Crippen LogP contribution in [0.3, 0.4) is 0 Å². The Morgan fingerprint density at radius 2 is 1.54 bits per heavy atom. The average Bonchev–Trinajstić information content (AvgIpc) is 2.70. The zero-order valence-corrected chi connectivity index (χ0v) is 17.4. The summed E-state index contributed by atoms with van der Waals surface area (Å²) >= 11 is 0. The lowest BCUT2D eigenvalue weighted by molar-refractivity contribution is -0.131. The number of piperazine rings is 1. The van der Waals surface area contributed by atoms with E-state index in [4.69, 9.17) is 0 Å². The number of hydrogen-bond donors (Lipinski definition) is 0. The van der Waals surface area contributed by atoms with Gasteiger partial charge >= 0.3 is 0 Å². The van der Waals surface area contributed by atoms with Gasteiger partial charge in [0.1, 0.15) is 0 Å². The summed E-state index contributed by atoms with van der Waals surface area (Å²) in [6.45, 7) is 11.4. The van der Waals surface area contributed by atoms with Gasteiger partial charge in [-0.1, -0.05) is 24.3 Å². The van der Waals surface area contributed by atoms with E-state index in [0.717, 1.165) is 18.7 Å². The Kier molecular flexibility index (Phi) is 6.18. The molecule has 0 aliphatic carbocycles. The number of nitrogens with zero attached hydrogens (tertiary/aromatic N) is 2. The van der Waals surface area contributed by atoms with E-state index in [1.165, 1.54) is 22.4 Å². The van der Waals surface area contributed by atoms with Gasteiger partial charge in [-0.15, -0.1) is 0 Å². The van der Waals surface area contributed by atoms with E-state index in [1.54, 1.807) is 0 Å². The van der Waals surface area contributed by atoms with Gasteiger partial charge in [-0.25, -0.2) is 0 Å². The number of rotatable bonds is 5. The van der Waals surface area contributed by atoms with Crippen LogP contribution in [0.25, 0.3) is 0 Å². The number of carbonyl (C=O) groups excluding carboxylic acids is 2. The highest BCUT2D eigenvalue weighted by Gasteiger charge is 2.22. The van der Waals surface area contributed by atoms with Crippen molar-refractivity contribution in [3.05, 3.63) is 64.2 Å². The first-order valence-corrected chi connectivity index (χ1v) is 10.1.